The smallest absolute Gasteiger partial charge is 0.317 e. The normalized spacial score (nSPS) is 11.7. The van der Waals surface area contributed by atoms with Crippen LogP contribution >= 0.6 is 23.2 Å². The molecule has 20 heavy (non-hydrogen) atoms. The molecule has 0 heterocycles. The van der Waals surface area contributed by atoms with Crippen LogP contribution in [-0.2, 0) is 4.79 Å². The Morgan fingerprint density at radius 3 is 2.50 bits per heavy atom. The Morgan fingerprint density at radius 2 is 2.00 bits per heavy atom. The number of ether oxygens (including phenoxy) is 1. The Hall–Kier alpha value is -0.970. The number of rotatable bonds is 6. The number of carboxylic acids is 1. The summed E-state index contributed by atoms with van der Waals surface area (Å²) >= 11 is 11.8. The summed E-state index contributed by atoms with van der Waals surface area (Å²) in [4.78, 5) is 12.7. The van der Waals surface area contributed by atoms with E-state index in [0.717, 1.165) is 0 Å². The molecule has 0 spiro atoms. The zero-order valence-corrected chi connectivity index (χ0v) is 13.3. The van der Waals surface area contributed by atoms with Crippen LogP contribution in [0, 0.1) is 0 Å². The molecular formula is C14H19Cl2NO3. The van der Waals surface area contributed by atoms with E-state index in [2.05, 4.69) is 0 Å². The van der Waals surface area contributed by atoms with Crippen molar-refractivity contribution in [2.45, 2.75) is 26.3 Å². The number of halogens is 2. The summed E-state index contributed by atoms with van der Waals surface area (Å²) in [6.45, 7) is 6.71. The molecule has 4 nitrogen and oxygen atoms in total. The molecule has 0 aliphatic rings. The average Bonchev–Trinajstić information content (AvgIpc) is 2.28. The van der Waals surface area contributed by atoms with Gasteiger partial charge in [-0.1, -0.05) is 23.2 Å². The third kappa shape index (κ3) is 5.57. The van der Waals surface area contributed by atoms with Gasteiger partial charge in [-0.25, -0.2) is 0 Å². The molecule has 0 radical (unpaired) electrons. The minimum Gasteiger partial charge on any atom is -0.491 e. The number of benzene rings is 1. The van der Waals surface area contributed by atoms with Gasteiger partial charge < -0.3 is 9.84 Å². The Morgan fingerprint density at radius 1 is 1.35 bits per heavy atom. The van der Waals surface area contributed by atoms with Crippen LogP contribution in [0.2, 0.25) is 10.0 Å². The molecule has 1 aromatic rings. The topological polar surface area (TPSA) is 49.8 Å². The van der Waals surface area contributed by atoms with E-state index in [0.29, 0.717) is 28.9 Å². The van der Waals surface area contributed by atoms with E-state index in [1.165, 1.54) is 0 Å². The van der Waals surface area contributed by atoms with Crippen molar-refractivity contribution in [3.8, 4) is 5.75 Å². The minimum absolute atomic E-state index is 0.0266. The first-order valence-electron chi connectivity index (χ1n) is 6.25. The molecule has 1 N–H and O–H groups in total. The zero-order chi connectivity index (χ0) is 15.3. The molecule has 0 atom stereocenters. The number of carboxylic acid groups (broad SMARTS) is 1. The van der Waals surface area contributed by atoms with Crippen LogP contribution < -0.4 is 4.74 Å². The molecule has 0 saturated carbocycles. The van der Waals surface area contributed by atoms with Crippen LogP contribution in [0.25, 0.3) is 0 Å². The van der Waals surface area contributed by atoms with E-state index in [-0.39, 0.29) is 12.1 Å². The first-order chi connectivity index (χ1) is 9.20. The van der Waals surface area contributed by atoms with Crippen LogP contribution in [0.4, 0.5) is 0 Å². The highest BCUT2D eigenvalue weighted by molar-refractivity contribution is 6.35. The van der Waals surface area contributed by atoms with Gasteiger partial charge in [0.25, 0.3) is 0 Å². The van der Waals surface area contributed by atoms with Crippen molar-refractivity contribution < 1.29 is 14.6 Å². The summed E-state index contributed by atoms with van der Waals surface area (Å²) < 4.78 is 5.57. The predicted molar refractivity (Wildman–Crippen MR) is 80.9 cm³/mol. The Labute approximate surface area is 129 Å². The van der Waals surface area contributed by atoms with Gasteiger partial charge >= 0.3 is 5.97 Å². The van der Waals surface area contributed by atoms with Crippen molar-refractivity contribution in [3.63, 3.8) is 0 Å². The van der Waals surface area contributed by atoms with Crippen molar-refractivity contribution in [1.29, 1.82) is 0 Å². The third-order valence-electron chi connectivity index (χ3n) is 2.79. The quantitative estimate of drug-likeness (QED) is 0.871. The first kappa shape index (κ1) is 17.1. The van der Waals surface area contributed by atoms with Gasteiger partial charge in [0.2, 0.25) is 0 Å². The molecule has 0 bridgehead atoms. The lowest BCUT2D eigenvalue weighted by atomic mass is 10.1. The van der Waals surface area contributed by atoms with E-state index in [1.54, 1.807) is 18.2 Å². The van der Waals surface area contributed by atoms with Gasteiger partial charge in [0.15, 0.2) is 0 Å². The maximum Gasteiger partial charge on any atom is 0.317 e. The second-order valence-corrected chi connectivity index (χ2v) is 6.25. The van der Waals surface area contributed by atoms with Crippen LogP contribution in [-0.4, -0.2) is 41.2 Å². The molecule has 0 amide bonds. The molecule has 0 fully saturated rings. The van der Waals surface area contributed by atoms with Crippen molar-refractivity contribution in [2.75, 3.05) is 19.7 Å². The van der Waals surface area contributed by atoms with Crippen LogP contribution in [0.1, 0.15) is 20.8 Å². The van der Waals surface area contributed by atoms with Crippen molar-refractivity contribution in [3.05, 3.63) is 28.2 Å². The van der Waals surface area contributed by atoms with E-state index >= 15 is 0 Å². The van der Waals surface area contributed by atoms with Crippen LogP contribution in [0.3, 0.4) is 0 Å². The summed E-state index contributed by atoms with van der Waals surface area (Å²) in [5.41, 5.74) is -0.245. The van der Waals surface area contributed by atoms with Gasteiger partial charge in [-0.3, -0.25) is 9.69 Å². The van der Waals surface area contributed by atoms with Crippen molar-refractivity contribution in [1.82, 2.24) is 4.90 Å². The highest BCUT2D eigenvalue weighted by Crippen LogP contribution is 2.27. The number of carbonyl (C=O) groups is 1. The van der Waals surface area contributed by atoms with E-state index in [9.17, 15) is 4.79 Å². The molecule has 1 rings (SSSR count). The van der Waals surface area contributed by atoms with Crippen molar-refractivity contribution >= 4 is 29.2 Å². The summed E-state index contributed by atoms with van der Waals surface area (Å²) in [7, 11) is 0. The Bertz CT molecular complexity index is 472. The van der Waals surface area contributed by atoms with Gasteiger partial charge in [0.05, 0.1) is 11.6 Å². The first-order valence-corrected chi connectivity index (χ1v) is 7.00. The van der Waals surface area contributed by atoms with Crippen LogP contribution in [0.5, 0.6) is 5.75 Å². The van der Waals surface area contributed by atoms with Gasteiger partial charge in [0.1, 0.15) is 12.4 Å². The Kier molecular flexibility index (Phi) is 6.11. The number of nitrogens with zero attached hydrogens (tertiary/aromatic N) is 1. The largest absolute Gasteiger partial charge is 0.491 e. The number of hydrogen-bond donors (Lipinski definition) is 1. The maximum atomic E-state index is 10.9. The molecule has 6 heteroatoms. The van der Waals surface area contributed by atoms with Crippen molar-refractivity contribution in [2.24, 2.45) is 0 Å². The second kappa shape index (κ2) is 7.16. The molecule has 0 aliphatic carbocycles. The summed E-state index contributed by atoms with van der Waals surface area (Å²) in [6, 6.07) is 5.00. The van der Waals surface area contributed by atoms with E-state index in [1.807, 2.05) is 25.7 Å². The molecule has 1 aromatic carbocycles. The molecular weight excluding hydrogens is 301 g/mol. The van der Waals surface area contributed by atoms with Gasteiger partial charge in [0, 0.05) is 17.1 Å². The highest BCUT2D eigenvalue weighted by Gasteiger charge is 2.23. The fourth-order valence-electron chi connectivity index (χ4n) is 1.67. The van der Waals surface area contributed by atoms with Gasteiger partial charge in [-0.05, 0) is 39.0 Å². The van der Waals surface area contributed by atoms with Gasteiger partial charge in [-0.2, -0.15) is 0 Å². The van der Waals surface area contributed by atoms with Crippen LogP contribution in [0.15, 0.2) is 18.2 Å². The average molecular weight is 320 g/mol. The molecule has 112 valence electrons. The lowest BCUT2D eigenvalue weighted by Gasteiger charge is -2.34. The fraction of sp³-hybridized carbons (Fsp3) is 0.500. The summed E-state index contributed by atoms with van der Waals surface area (Å²) in [6.07, 6.45) is 0. The fourth-order valence-corrected chi connectivity index (χ4v) is 2.14. The molecule has 0 aromatic heterocycles. The molecule has 0 aliphatic heterocycles. The minimum atomic E-state index is -0.857. The lowest BCUT2D eigenvalue weighted by Crippen LogP contribution is -2.46. The lowest BCUT2D eigenvalue weighted by molar-refractivity contribution is -0.139. The highest BCUT2D eigenvalue weighted by atomic mass is 35.5. The van der Waals surface area contributed by atoms with E-state index < -0.39 is 5.97 Å². The molecule has 0 unspecified atom stereocenters. The summed E-state index contributed by atoms with van der Waals surface area (Å²) in [5.74, 6) is -0.315. The maximum absolute atomic E-state index is 10.9. The number of hydrogen-bond acceptors (Lipinski definition) is 3. The third-order valence-corrected chi connectivity index (χ3v) is 3.32. The second-order valence-electron chi connectivity index (χ2n) is 5.41. The van der Waals surface area contributed by atoms with E-state index in [4.69, 9.17) is 33.0 Å². The monoisotopic (exact) mass is 319 g/mol. The molecule has 0 saturated heterocycles. The number of aliphatic carboxylic acids is 1. The standard InChI is InChI=1S/C14H19Cl2NO3/c1-14(2,3)17(9-13(18)19)6-7-20-12-5-4-10(15)8-11(12)16/h4-5,8H,6-7,9H2,1-3H3,(H,18,19). The SMILES string of the molecule is CC(C)(C)N(CCOc1ccc(Cl)cc1Cl)CC(=O)O. The predicted octanol–water partition coefficient (Wildman–Crippen LogP) is 3.56. The summed E-state index contributed by atoms with van der Waals surface area (Å²) in [5, 5.41) is 9.91. The Balaban J connectivity index is 2.58. The zero-order valence-electron chi connectivity index (χ0n) is 11.8. The van der Waals surface area contributed by atoms with Gasteiger partial charge in [-0.15, -0.1) is 0 Å².